The second-order valence-corrected chi connectivity index (χ2v) is 10.5. The summed E-state index contributed by atoms with van der Waals surface area (Å²) in [5, 5.41) is 2.77. The van der Waals surface area contributed by atoms with Crippen LogP contribution in [0.3, 0.4) is 0 Å². The Morgan fingerprint density at radius 1 is 0.946 bits per heavy atom. The van der Waals surface area contributed by atoms with Gasteiger partial charge >= 0.3 is 0 Å². The van der Waals surface area contributed by atoms with Crippen molar-refractivity contribution in [3.8, 4) is 0 Å². The van der Waals surface area contributed by atoms with Crippen LogP contribution in [0, 0.1) is 12.7 Å². The van der Waals surface area contributed by atoms with Crippen LogP contribution in [0.4, 0.5) is 10.1 Å². The summed E-state index contributed by atoms with van der Waals surface area (Å²) in [6.07, 6.45) is 0.339. The Balaban J connectivity index is 2.04. The Kier molecular flexibility index (Phi) is 9.41. The van der Waals surface area contributed by atoms with Crippen LogP contribution in [-0.4, -0.2) is 44.3 Å². The summed E-state index contributed by atoms with van der Waals surface area (Å²) in [4.78, 5) is 28.2. The number of halogens is 1. The third kappa shape index (κ3) is 6.95. The maximum absolute atomic E-state index is 13.8. The monoisotopic (exact) mass is 525 g/mol. The lowest BCUT2D eigenvalue weighted by molar-refractivity contribution is -0.140. The number of carbonyl (C=O) groups is 2. The molecule has 1 atom stereocenters. The van der Waals surface area contributed by atoms with E-state index in [1.807, 2.05) is 31.2 Å². The molecule has 7 nitrogen and oxygen atoms in total. The Labute approximate surface area is 218 Å². The SMILES string of the molecule is CCNC(=O)[C@@H](CC)N(Cc1cccc(C)c1)C(=O)CN(c1ccc(F)cc1)S(=O)(=O)c1ccccc1. The lowest BCUT2D eigenvalue weighted by atomic mass is 10.1. The Bertz CT molecular complexity index is 1310. The minimum absolute atomic E-state index is 0.00636. The van der Waals surface area contributed by atoms with E-state index in [4.69, 9.17) is 0 Å². The van der Waals surface area contributed by atoms with Gasteiger partial charge in [0, 0.05) is 13.1 Å². The Morgan fingerprint density at radius 3 is 2.22 bits per heavy atom. The summed E-state index contributed by atoms with van der Waals surface area (Å²) in [5.74, 6) is -1.40. The minimum atomic E-state index is -4.18. The van der Waals surface area contributed by atoms with E-state index in [0.29, 0.717) is 13.0 Å². The van der Waals surface area contributed by atoms with E-state index in [2.05, 4.69) is 5.32 Å². The van der Waals surface area contributed by atoms with Crippen molar-refractivity contribution in [3.05, 3.63) is 95.8 Å². The molecule has 0 heterocycles. The van der Waals surface area contributed by atoms with Gasteiger partial charge in [0.15, 0.2) is 0 Å². The van der Waals surface area contributed by atoms with Gasteiger partial charge in [0.05, 0.1) is 10.6 Å². The first kappa shape index (κ1) is 27.9. The average Bonchev–Trinajstić information content (AvgIpc) is 2.88. The molecule has 3 rings (SSSR count). The van der Waals surface area contributed by atoms with Gasteiger partial charge in [-0.05, 0) is 62.2 Å². The fraction of sp³-hybridized carbons (Fsp3) is 0.286. The fourth-order valence-corrected chi connectivity index (χ4v) is 5.51. The zero-order valence-electron chi connectivity index (χ0n) is 21.2. The van der Waals surface area contributed by atoms with E-state index in [1.54, 1.807) is 32.0 Å². The number of nitrogens with zero attached hydrogens (tertiary/aromatic N) is 2. The van der Waals surface area contributed by atoms with Crippen LogP contribution in [-0.2, 0) is 26.2 Å². The molecule has 3 aromatic rings. The summed E-state index contributed by atoms with van der Waals surface area (Å²) in [6, 6.07) is 19.4. The lowest BCUT2D eigenvalue weighted by Gasteiger charge is -2.33. The molecule has 0 bridgehead atoms. The van der Waals surface area contributed by atoms with Crippen LogP contribution in [0.5, 0.6) is 0 Å². The number of rotatable bonds is 11. The Hall–Kier alpha value is -3.72. The van der Waals surface area contributed by atoms with Gasteiger partial charge < -0.3 is 10.2 Å². The van der Waals surface area contributed by atoms with Gasteiger partial charge in [-0.1, -0.05) is 55.0 Å². The van der Waals surface area contributed by atoms with E-state index < -0.39 is 34.3 Å². The fourth-order valence-electron chi connectivity index (χ4n) is 4.07. The van der Waals surface area contributed by atoms with Gasteiger partial charge in [-0.15, -0.1) is 0 Å². The number of nitrogens with one attached hydrogen (secondary N) is 1. The van der Waals surface area contributed by atoms with Crippen molar-refractivity contribution in [2.45, 2.75) is 44.7 Å². The molecule has 0 radical (unpaired) electrons. The molecule has 3 aromatic carbocycles. The summed E-state index contributed by atoms with van der Waals surface area (Å²) in [6.45, 7) is 5.48. The predicted octanol–water partition coefficient (Wildman–Crippen LogP) is 4.27. The summed E-state index contributed by atoms with van der Waals surface area (Å²) in [5.41, 5.74) is 1.95. The molecule has 0 saturated carbocycles. The smallest absolute Gasteiger partial charge is 0.264 e. The standard InChI is InChI=1S/C28H32FN3O4S/c1-4-26(28(34)30-5-2)31(19-22-11-9-10-21(3)18-22)27(33)20-32(24-16-14-23(29)15-17-24)37(35,36)25-12-7-6-8-13-25/h6-18,26H,4-5,19-20H2,1-3H3,(H,30,34)/t26-/m1/s1. The first-order valence-electron chi connectivity index (χ1n) is 12.1. The van der Waals surface area contributed by atoms with Gasteiger partial charge in [0.1, 0.15) is 18.4 Å². The molecule has 1 N–H and O–H groups in total. The molecule has 0 spiro atoms. The van der Waals surface area contributed by atoms with Crippen molar-refractivity contribution in [2.75, 3.05) is 17.4 Å². The van der Waals surface area contributed by atoms with Crippen LogP contribution in [0.25, 0.3) is 0 Å². The van der Waals surface area contributed by atoms with Crippen LogP contribution in [0.1, 0.15) is 31.4 Å². The van der Waals surface area contributed by atoms with Crippen molar-refractivity contribution < 1.29 is 22.4 Å². The molecular formula is C28H32FN3O4S. The first-order chi connectivity index (χ1) is 17.7. The van der Waals surface area contributed by atoms with E-state index in [0.717, 1.165) is 27.6 Å². The zero-order valence-corrected chi connectivity index (χ0v) is 22.0. The zero-order chi connectivity index (χ0) is 27.0. The topological polar surface area (TPSA) is 86.8 Å². The van der Waals surface area contributed by atoms with Crippen molar-refractivity contribution in [1.82, 2.24) is 10.2 Å². The lowest BCUT2D eigenvalue weighted by Crippen LogP contribution is -2.52. The second-order valence-electron chi connectivity index (χ2n) is 8.63. The predicted molar refractivity (Wildman–Crippen MR) is 142 cm³/mol. The number of anilines is 1. The van der Waals surface area contributed by atoms with Gasteiger partial charge in [-0.25, -0.2) is 12.8 Å². The van der Waals surface area contributed by atoms with Crippen molar-refractivity contribution in [2.24, 2.45) is 0 Å². The number of sulfonamides is 1. The van der Waals surface area contributed by atoms with Crippen molar-refractivity contribution >= 4 is 27.5 Å². The normalized spacial score (nSPS) is 12.0. The van der Waals surface area contributed by atoms with E-state index in [1.165, 1.54) is 29.2 Å². The molecule has 0 aliphatic heterocycles. The quantitative estimate of drug-likeness (QED) is 0.405. The summed E-state index contributed by atoms with van der Waals surface area (Å²) in [7, 11) is -4.18. The van der Waals surface area contributed by atoms with E-state index >= 15 is 0 Å². The van der Waals surface area contributed by atoms with Crippen LogP contribution < -0.4 is 9.62 Å². The third-order valence-electron chi connectivity index (χ3n) is 5.90. The van der Waals surface area contributed by atoms with E-state index in [-0.39, 0.29) is 23.0 Å². The number of aryl methyl sites for hydroxylation is 1. The third-order valence-corrected chi connectivity index (χ3v) is 7.69. The highest BCUT2D eigenvalue weighted by molar-refractivity contribution is 7.92. The molecule has 2 amide bonds. The molecule has 37 heavy (non-hydrogen) atoms. The molecule has 0 aliphatic carbocycles. The largest absolute Gasteiger partial charge is 0.355 e. The average molecular weight is 526 g/mol. The van der Waals surface area contributed by atoms with E-state index in [9.17, 15) is 22.4 Å². The van der Waals surface area contributed by atoms with Crippen LogP contribution in [0.15, 0.2) is 83.8 Å². The van der Waals surface area contributed by atoms with Crippen molar-refractivity contribution in [3.63, 3.8) is 0 Å². The highest BCUT2D eigenvalue weighted by Gasteiger charge is 2.33. The molecular weight excluding hydrogens is 493 g/mol. The Morgan fingerprint density at radius 2 is 1.62 bits per heavy atom. The van der Waals surface area contributed by atoms with Gasteiger partial charge in [0.2, 0.25) is 11.8 Å². The molecule has 0 fully saturated rings. The number of benzene rings is 3. The van der Waals surface area contributed by atoms with Crippen LogP contribution in [0.2, 0.25) is 0 Å². The number of hydrogen-bond acceptors (Lipinski definition) is 4. The van der Waals surface area contributed by atoms with Gasteiger partial charge in [-0.2, -0.15) is 0 Å². The van der Waals surface area contributed by atoms with Gasteiger partial charge in [-0.3, -0.25) is 13.9 Å². The number of amides is 2. The molecule has 0 aliphatic rings. The molecule has 0 aromatic heterocycles. The summed E-state index contributed by atoms with van der Waals surface area (Å²) < 4.78 is 41.9. The minimum Gasteiger partial charge on any atom is -0.355 e. The first-order valence-corrected chi connectivity index (χ1v) is 13.6. The molecule has 0 unspecified atom stereocenters. The number of hydrogen-bond donors (Lipinski definition) is 1. The van der Waals surface area contributed by atoms with Gasteiger partial charge in [0.25, 0.3) is 10.0 Å². The highest BCUT2D eigenvalue weighted by atomic mass is 32.2. The van der Waals surface area contributed by atoms with Crippen LogP contribution >= 0.6 is 0 Å². The molecule has 196 valence electrons. The molecule has 9 heteroatoms. The summed E-state index contributed by atoms with van der Waals surface area (Å²) >= 11 is 0. The number of carbonyl (C=O) groups excluding carboxylic acids is 2. The maximum Gasteiger partial charge on any atom is 0.264 e. The molecule has 0 saturated heterocycles. The maximum atomic E-state index is 13.8. The number of likely N-dealkylation sites (N-methyl/N-ethyl adjacent to an activating group) is 1. The second kappa shape index (κ2) is 12.5. The van der Waals surface area contributed by atoms with Crippen molar-refractivity contribution in [1.29, 1.82) is 0 Å². The highest BCUT2D eigenvalue weighted by Crippen LogP contribution is 2.25.